The third-order valence-electron chi connectivity index (χ3n) is 2.57. The van der Waals surface area contributed by atoms with Crippen molar-refractivity contribution in [2.45, 2.75) is 19.5 Å². The summed E-state index contributed by atoms with van der Waals surface area (Å²) in [6, 6.07) is 1.95. The zero-order valence-electron chi connectivity index (χ0n) is 8.28. The smallest absolute Gasteiger partial charge is 0.122 e. The lowest BCUT2D eigenvalue weighted by Gasteiger charge is -2.22. The Bertz CT molecular complexity index is 317. The summed E-state index contributed by atoms with van der Waals surface area (Å²) in [6.07, 6.45) is 7.28. The van der Waals surface area contributed by atoms with E-state index >= 15 is 0 Å². The van der Waals surface area contributed by atoms with E-state index in [1.165, 1.54) is 0 Å². The summed E-state index contributed by atoms with van der Waals surface area (Å²) in [5, 5.41) is 0. The van der Waals surface area contributed by atoms with E-state index in [1.807, 2.05) is 6.07 Å². The molecule has 0 fully saturated rings. The second-order valence-electron chi connectivity index (χ2n) is 3.57. The molecule has 1 aromatic rings. The highest BCUT2D eigenvalue weighted by Gasteiger charge is 2.11. The van der Waals surface area contributed by atoms with E-state index in [2.05, 4.69) is 17.1 Å². The molecule has 0 saturated carbocycles. The number of furan rings is 1. The molecule has 3 heteroatoms. The lowest BCUT2D eigenvalue weighted by molar-refractivity contribution is 0.263. The molecule has 0 radical (unpaired) electrons. The van der Waals surface area contributed by atoms with E-state index in [4.69, 9.17) is 10.2 Å². The number of hydrogen-bond donors (Lipinski definition) is 1. The van der Waals surface area contributed by atoms with Gasteiger partial charge in [0.05, 0.1) is 12.8 Å². The molecule has 0 atom stereocenters. The molecule has 0 aromatic carbocycles. The molecule has 0 unspecified atom stereocenters. The van der Waals surface area contributed by atoms with Gasteiger partial charge in [0.2, 0.25) is 0 Å². The Balaban J connectivity index is 1.99. The van der Waals surface area contributed by atoms with Gasteiger partial charge in [0.1, 0.15) is 5.76 Å². The SMILES string of the molecule is NCc1ccoc1CN1CC=CCC1. The Labute approximate surface area is 84.2 Å². The fourth-order valence-electron chi connectivity index (χ4n) is 1.72. The molecule has 3 nitrogen and oxygen atoms in total. The van der Waals surface area contributed by atoms with Crippen molar-refractivity contribution in [2.75, 3.05) is 13.1 Å². The fourth-order valence-corrected chi connectivity index (χ4v) is 1.72. The van der Waals surface area contributed by atoms with Crippen LogP contribution in [-0.2, 0) is 13.1 Å². The lowest BCUT2D eigenvalue weighted by atomic mass is 10.2. The van der Waals surface area contributed by atoms with E-state index in [0.717, 1.165) is 37.4 Å². The van der Waals surface area contributed by atoms with Gasteiger partial charge in [0, 0.05) is 25.2 Å². The predicted octanol–water partition coefficient (Wildman–Crippen LogP) is 1.50. The van der Waals surface area contributed by atoms with Crippen LogP contribution < -0.4 is 5.73 Å². The quantitative estimate of drug-likeness (QED) is 0.738. The van der Waals surface area contributed by atoms with E-state index in [-0.39, 0.29) is 0 Å². The Morgan fingerprint density at radius 1 is 1.43 bits per heavy atom. The summed E-state index contributed by atoms with van der Waals surface area (Å²) in [6.45, 7) is 3.57. The third-order valence-corrected chi connectivity index (χ3v) is 2.57. The van der Waals surface area contributed by atoms with Crippen molar-refractivity contribution in [1.29, 1.82) is 0 Å². The molecule has 2 N–H and O–H groups in total. The zero-order valence-corrected chi connectivity index (χ0v) is 8.28. The largest absolute Gasteiger partial charge is 0.468 e. The van der Waals surface area contributed by atoms with Gasteiger partial charge in [-0.05, 0) is 12.5 Å². The minimum absolute atomic E-state index is 0.565. The fraction of sp³-hybridized carbons (Fsp3) is 0.455. The maximum atomic E-state index is 5.61. The minimum atomic E-state index is 0.565. The molecular formula is C11H16N2O. The van der Waals surface area contributed by atoms with Crippen LogP contribution in [0, 0.1) is 0 Å². The van der Waals surface area contributed by atoms with Gasteiger partial charge in [0.25, 0.3) is 0 Å². The lowest BCUT2D eigenvalue weighted by Crippen LogP contribution is -2.26. The summed E-state index contributed by atoms with van der Waals surface area (Å²) in [4.78, 5) is 2.36. The van der Waals surface area contributed by atoms with Gasteiger partial charge in [0.15, 0.2) is 0 Å². The van der Waals surface area contributed by atoms with E-state index in [1.54, 1.807) is 6.26 Å². The monoisotopic (exact) mass is 192 g/mol. The first-order valence-corrected chi connectivity index (χ1v) is 5.03. The van der Waals surface area contributed by atoms with E-state index < -0.39 is 0 Å². The first-order valence-electron chi connectivity index (χ1n) is 5.03. The second kappa shape index (κ2) is 4.44. The molecule has 1 aromatic heterocycles. The molecule has 2 rings (SSSR count). The number of rotatable bonds is 3. The zero-order chi connectivity index (χ0) is 9.80. The number of hydrogen-bond acceptors (Lipinski definition) is 3. The van der Waals surface area contributed by atoms with Crippen LogP contribution in [0.4, 0.5) is 0 Å². The first kappa shape index (κ1) is 9.49. The van der Waals surface area contributed by atoms with Crippen LogP contribution in [0.1, 0.15) is 17.7 Å². The molecule has 0 aliphatic carbocycles. The Morgan fingerprint density at radius 3 is 3.07 bits per heavy atom. The topological polar surface area (TPSA) is 42.4 Å². The molecule has 0 spiro atoms. The van der Waals surface area contributed by atoms with Gasteiger partial charge in [-0.3, -0.25) is 4.90 Å². The van der Waals surface area contributed by atoms with Gasteiger partial charge < -0.3 is 10.2 Å². The van der Waals surface area contributed by atoms with Gasteiger partial charge >= 0.3 is 0 Å². The summed E-state index contributed by atoms with van der Waals surface area (Å²) >= 11 is 0. The van der Waals surface area contributed by atoms with E-state index in [0.29, 0.717) is 6.54 Å². The van der Waals surface area contributed by atoms with Crippen LogP contribution in [0.3, 0.4) is 0 Å². The van der Waals surface area contributed by atoms with E-state index in [9.17, 15) is 0 Å². The summed E-state index contributed by atoms with van der Waals surface area (Å²) < 4.78 is 5.41. The Morgan fingerprint density at radius 2 is 2.36 bits per heavy atom. The number of nitrogens with zero attached hydrogens (tertiary/aromatic N) is 1. The molecule has 2 heterocycles. The maximum absolute atomic E-state index is 5.61. The van der Waals surface area contributed by atoms with Crippen LogP contribution in [0.15, 0.2) is 28.9 Å². The van der Waals surface area contributed by atoms with Crippen LogP contribution >= 0.6 is 0 Å². The molecule has 0 bridgehead atoms. The maximum Gasteiger partial charge on any atom is 0.122 e. The van der Waals surface area contributed by atoms with Crippen LogP contribution in [0.2, 0.25) is 0 Å². The van der Waals surface area contributed by atoms with Crippen LogP contribution in [-0.4, -0.2) is 18.0 Å². The number of nitrogens with two attached hydrogens (primary N) is 1. The van der Waals surface area contributed by atoms with Crippen molar-refractivity contribution >= 4 is 0 Å². The van der Waals surface area contributed by atoms with Gasteiger partial charge in [-0.25, -0.2) is 0 Å². The third kappa shape index (κ3) is 2.05. The molecule has 14 heavy (non-hydrogen) atoms. The van der Waals surface area contributed by atoms with Crippen molar-refractivity contribution in [3.05, 3.63) is 35.8 Å². The summed E-state index contributed by atoms with van der Waals surface area (Å²) in [7, 11) is 0. The standard InChI is InChI=1S/C11H16N2O/c12-8-10-4-7-14-11(10)9-13-5-2-1-3-6-13/h1-2,4,7H,3,5-6,8-9,12H2. The molecule has 76 valence electrons. The average Bonchev–Trinajstić information content (AvgIpc) is 2.67. The highest BCUT2D eigenvalue weighted by molar-refractivity contribution is 5.16. The highest BCUT2D eigenvalue weighted by Crippen LogP contribution is 2.14. The first-order chi connectivity index (χ1) is 6.90. The predicted molar refractivity (Wildman–Crippen MR) is 55.6 cm³/mol. The van der Waals surface area contributed by atoms with Gasteiger partial charge in [-0.2, -0.15) is 0 Å². The second-order valence-corrected chi connectivity index (χ2v) is 3.57. The Kier molecular flexibility index (Phi) is 3.01. The van der Waals surface area contributed by atoms with Gasteiger partial charge in [-0.1, -0.05) is 12.2 Å². The van der Waals surface area contributed by atoms with Gasteiger partial charge in [-0.15, -0.1) is 0 Å². The highest BCUT2D eigenvalue weighted by atomic mass is 16.3. The van der Waals surface area contributed by atoms with Crippen molar-refractivity contribution < 1.29 is 4.42 Å². The van der Waals surface area contributed by atoms with Crippen LogP contribution in [0.25, 0.3) is 0 Å². The molecule has 1 aliphatic rings. The van der Waals surface area contributed by atoms with Crippen LogP contribution in [0.5, 0.6) is 0 Å². The van der Waals surface area contributed by atoms with Crippen molar-refractivity contribution in [2.24, 2.45) is 5.73 Å². The summed E-state index contributed by atoms with van der Waals surface area (Å²) in [5.41, 5.74) is 6.73. The normalized spacial score (nSPS) is 17.5. The molecular weight excluding hydrogens is 176 g/mol. The molecule has 1 aliphatic heterocycles. The summed E-state index contributed by atoms with van der Waals surface area (Å²) in [5.74, 6) is 1.02. The van der Waals surface area contributed by atoms with Crippen molar-refractivity contribution in [1.82, 2.24) is 4.90 Å². The van der Waals surface area contributed by atoms with Crippen molar-refractivity contribution in [3.63, 3.8) is 0 Å². The average molecular weight is 192 g/mol. The Hall–Kier alpha value is -1.06. The minimum Gasteiger partial charge on any atom is -0.468 e. The molecule has 0 amide bonds. The molecule has 0 saturated heterocycles. The van der Waals surface area contributed by atoms with Crippen molar-refractivity contribution in [3.8, 4) is 0 Å².